The van der Waals surface area contributed by atoms with Crippen molar-refractivity contribution in [1.29, 1.82) is 0 Å². The summed E-state index contributed by atoms with van der Waals surface area (Å²) in [7, 11) is 1.60. The van der Waals surface area contributed by atoms with Crippen LogP contribution in [0.15, 0.2) is 35.4 Å². The summed E-state index contributed by atoms with van der Waals surface area (Å²) in [5.74, 6) is 1.000. The Kier molecular flexibility index (Phi) is 5.25. The number of aromatic nitrogens is 2. The summed E-state index contributed by atoms with van der Waals surface area (Å²) in [5.41, 5.74) is 7.11. The predicted octanol–water partition coefficient (Wildman–Crippen LogP) is 3.40. The Morgan fingerprint density at radius 2 is 2.10 bits per heavy atom. The third-order valence-electron chi connectivity index (χ3n) is 3.11. The largest absolute Gasteiger partial charge is 0.493 e. The minimum absolute atomic E-state index is 0.188. The Balaban J connectivity index is 2.15. The van der Waals surface area contributed by atoms with Gasteiger partial charge in [-0.2, -0.15) is 5.10 Å². The lowest BCUT2D eigenvalue weighted by Crippen LogP contribution is -2.20. The zero-order valence-electron chi connectivity index (χ0n) is 12.4. The molecule has 0 spiro atoms. The highest BCUT2D eigenvalue weighted by atomic mass is 32.2. The van der Waals surface area contributed by atoms with Crippen LogP contribution in [-0.4, -0.2) is 22.6 Å². The van der Waals surface area contributed by atoms with E-state index < -0.39 is 0 Å². The number of hydrogen-bond donors (Lipinski definition) is 1. The summed E-state index contributed by atoms with van der Waals surface area (Å²) in [4.78, 5) is 0.600. The summed E-state index contributed by atoms with van der Waals surface area (Å²) in [5, 5.41) is 4.31. The van der Waals surface area contributed by atoms with Gasteiger partial charge in [-0.15, -0.1) is 11.8 Å². The van der Waals surface area contributed by atoms with Crippen LogP contribution in [0.5, 0.6) is 5.75 Å². The molecule has 0 fully saturated rings. The number of rotatable bonds is 6. The van der Waals surface area contributed by atoms with Crippen LogP contribution in [0.4, 0.5) is 4.39 Å². The standard InChI is InChI=1S/C15H20FN3OS/c1-10(2)19-15(13(20-3)8-18-19)12(17)9-21-14-7-5-4-6-11(14)16/h4-8,10,12H,9,17H2,1-3H3. The summed E-state index contributed by atoms with van der Waals surface area (Å²) < 4.78 is 20.8. The van der Waals surface area contributed by atoms with Crippen molar-refractivity contribution in [3.05, 3.63) is 42.0 Å². The fourth-order valence-electron chi connectivity index (χ4n) is 2.10. The fraction of sp³-hybridized carbons (Fsp3) is 0.400. The summed E-state index contributed by atoms with van der Waals surface area (Å²) in [6, 6.07) is 6.60. The molecule has 1 atom stereocenters. The molecule has 6 heteroatoms. The monoisotopic (exact) mass is 309 g/mol. The molecule has 1 unspecified atom stereocenters. The first-order valence-corrected chi connectivity index (χ1v) is 7.77. The molecule has 0 aliphatic rings. The maximum Gasteiger partial charge on any atom is 0.161 e. The molecular formula is C15H20FN3OS. The number of ether oxygens (including phenoxy) is 1. The molecule has 1 aromatic carbocycles. The summed E-state index contributed by atoms with van der Waals surface area (Å²) in [6.45, 7) is 4.07. The summed E-state index contributed by atoms with van der Waals surface area (Å²) >= 11 is 1.40. The molecule has 0 aliphatic carbocycles. The highest BCUT2D eigenvalue weighted by Crippen LogP contribution is 2.31. The first-order chi connectivity index (χ1) is 10.0. The molecule has 21 heavy (non-hydrogen) atoms. The van der Waals surface area contributed by atoms with Crippen molar-refractivity contribution in [2.24, 2.45) is 5.73 Å². The first kappa shape index (κ1) is 15.9. The van der Waals surface area contributed by atoms with Gasteiger partial charge in [-0.05, 0) is 26.0 Å². The number of nitrogens with two attached hydrogens (primary N) is 1. The molecule has 0 amide bonds. The van der Waals surface area contributed by atoms with E-state index in [1.807, 2.05) is 24.6 Å². The molecule has 0 saturated heterocycles. The zero-order valence-corrected chi connectivity index (χ0v) is 13.2. The van der Waals surface area contributed by atoms with Crippen LogP contribution in [0.2, 0.25) is 0 Å². The lowest BCUT2D eigenvalue weighted by atomic mass is 10.2. The van der Waals surface area contributed by atoms with Gasteiger partial charge in [-0.3, -0.25) is 4.68 Å². The van der Waals surface area contributed by atoms with Gasteiger partial charge in [0.05, 0.1) is 25.0 Å². The van der Waals surface area contributed by atoms with E-state index in [-0.39, 0.29) is 17.9 Å². The van der Waals surface area contributed by atoms with Gasteiger partial charge < -0.3 is 10.5 Å². The van der Waals surface area contributed by atoms with E-state index in [4.69, 9.17) is 10.5 Å². The average Bonchev–Trinajstić information content (AvgIpc) is 2.90. The van der Waals surface area contributed by atoms with Gasteiger partial charge in [-0.25, -0.2) is 4.39 Å². The van der Waals surface area contributed by atoms with Gasteiger partial charge in [0.15, 0.2) is 5.75 Å². The van der Waals surface area contributed by atoms with Crippen molar-refractivity contribution < 1.29 is 9.13 Å². The van der Waals surface area contributed by atoms with Crippen molar-refractivity contribution in [2.75, 3.05) is 12.9 Å². The van der Waals surface area contributed by atoms with Gasteiger partial charge in [0.1, 0.15) is 5.82 Å². The molecule has 0 bridgehead atoms. The van der Waals surface area contributed by atoms with Crippen molar-refractivity contribution >= 4 is 11.8 Å². The minimum atomic E-state index is -0.283. The Morgan fingerprint density at radius 1 is 1.38 bits per heavy atom. The molecule has 2 rings (SSSR count). The van der Waals surface area contributed by atoms with E-state index >= 15 is 0 Å². The Bertz CT molecular complexity index is 600. The third-order valence-corrected chi connectivity index (χ3v) is 4.28. The highest BCUT2D eigenvalue weighted by Gasteiger charge is 2.20. The van der Waals surface area contributed by atoms with Crippen molar-refractivity contribution in [3.8, 4) is 5.75 Å². The fourth-order valence-corrected chi connectivity index (χ4v) is 3.00. The van der Waals surface area contributed by atoms with Crippen LogP contribution < -0.4 is 10.5 Å². The van der Waals surface area contributed by atoms with Gasteiger partial charge in [0.25, 0.3) is 0 Å². The van der Waals surface area contributed by atoms with Gasteiger partial charge in [0, 0.05) is 16.7 Å². The van der Waals surface area contributed by atoms with Crippen LogP contribution in [0, 0.1) is 5.82 Å². The lowest BCUT2D eigenvalue weighted by molar-refractivity contribution is 0.399. The molecule has 2 aromatic rings. The Hall–Kier alpha value is -1.53. The number of hydrogen-bond acceptors (Lipinski definition) is 4. The van der Waals surface area contributed by atoms with Crippen LogP contribution >= 0.6 is 11.8 Å². The first-order valence-electron chi connectivity index (χ1n) is 6.79. The molecule has 1 heterocycles. The van der Waals surface area contributed by atoms with E-state index in [1.54, 1.807) is 25.4 Å². The Morgan fingerprint density at radius 3 is 2.71 bits per heavy atom. The second-order valence-electron chi connectivity index (χ2n) is 4.98. The quantitative estimate of drug-likeness (QED) is 0.831. The number of halogens is 1. The third kappa shape index (κ3) is 3.57. The molecule has 0 radical (unpaired) electrons. The van der Waals surface area contributed by atoms with E-state index in [0.29, 0.717) is 16.4 Å². The summed E-state index contributed by atoms with van der Waals surface area (Å²) in [6.07, 6.45) is 1.67. The normalized spacial score (nSPS) is 12.7. The maximum absolute atomic E-state index is 13.6. The van der Waals surface area contributed by atoms with Crippen LogP contribution in [0.25, 0.3) is 0 Å². The van der Waals surface area contributed by atoms with Crippen LogP contribution in [0.3, 0.4) is 0 Å². The molecule has 0 aliphatic heterocycles. The second-order valence-corrected chi connectivity index (χ2v) is 6.05. The van der Waals surface area contributed by atoms with Crippen molar-refractivity contribution in [1.82, 2.24) is 9.78 Å². The zero-order chi connectivity index (χ0) is 15.4. The van der Waals surface area contributed by atoms with Crippen LogP contribution in [-0.2, 0) is 0 Å². The lowest BCUT2D eigenvalue weighted by Gasteiger charge is -2.17. The Labute approximate surface area is 128 Å². The SMILES string of the molecule is COc1cnn(C(C)C)c1C(N)CSc1ccccc1F. The van der Waals surface area contributed by atoms with E-state index in [2.05, 4.69) is 5.10 Å². The van der Waals surface area contributed by atoms with Gasteiger partial charge in [0.2, 0.25) is 0 Å². The molecule has 114 valence electrons. The number of nitrogens with zero attached hydrogens (tertiary/aromatic N) is 2. The van der Waals surface area contributed by atoms with Crippen molar-refractivity contribution in [2.45, 2.75) is 30.8 Å². The minimum Gasteiger partial charge on any atom is -0.493 e. The predicted molar refractivity (Wildman–Crippen MR) is 83.2 cm³/mol. The molecular weight excluding hydrogens is 289 g/mol. The smallest absolute Gasteiger partial charge is 0.161 e. The number of thioether (sulfide) groups is 1. The average molecular weight is 309 g/mol. The second kappa shape index (κ2) is 6.95. The van der Waals surface area contributed by atoms with Crippen LogP contribution in [0.1, 0.15) is 31.6 Å². The highest BCUT2D eigenvalue weighted by molar-refractivity contribution is 7.99. The molecule has 4 nitrogen and oxygen atoms in total. The van der Waals surface area contributed by atoms with E-state index in [1.165, 1.54) is 17.8 Å². The topological polar surface area (TPSA) is 53.1 Å². The van der Waals surface area contributed by atoms with E-state index in [0.717, 1.165) is 5.69 Å². The van der Waals surface area contributed by atoms with Gasteiger partial charge in [-0.1, -0.05) is 12.1 Å². The maximum atomic E-state index is 13.6. The molecule has 0 saturated carbocycles. The molecule has 1 aromatic heterocycles. The molecule has 2 N–H and O–H groups in total. The number of methoxy groups -OCH3 is 1. The van der Waals surface area contributed by atoms with E-state index in [9.17, 15) is 4.39 Å². The van der Waals surface area contributed by atoms with Gasteiger partial charge >= 0.3 is 0 Å². The number of benzene rings is 1. The van der Waals surface area contributed by atoms with Crippen molar-refractivity contribution in [3.63, 3.8) is 0 Å².